The maximum atomic E-state index is 10.0. The molecule has 0 aliphatic carbocycles. The number of hydrogen-bond acceptors (Lipinski definition) is 6. The van der Waals surface area contributed by atoms with Crippen LogP contribution in [-0.2, 0) is 18.6 Å². The highest BCUT2D eigenvalue weighted by Crippen LogP contribution is 2.34. The van der Waals surface area contributed by atoms with Gasteiger partial charge in [-0.2, -0.15) is 0 Å². The van der Waals surface area contributed by atoms with E-state index in [2.05, 4.69) is 0 Å². The van der Waals surface area contributed by atoms with Crippen LogP contribution in [0.4, 0.5) is 0 Å². The van der Waals surface area contributed by atoms with Crippen LogP contribution in [0.5, 0.6) is 0 Å². The first kappa shape index (κ1) is 15.4. The second-order valence-corrected chi connectivity index (χ2v) is 11.0. The Balaban J connectivity index is 2.10. The molecule has 0 radical (unpaired) electrons. The first-order valence-corrected chi connectivity index (χ1v) is 10.0. The van der Waals surface area contributed by atoms with Crippen molar-refractivity contribution in [1.29, 1.82) is 0 Å². The lowest BCUT2D eigenvalue weighted by Gasteiger charge is -2.30. The molecular weight excluding hydrogens is 268 g/mol. The number of hydrogen-bond donors (Lipinski definition) is 2. The molecule has 0 saturated carbocycles. The Morgan fingerprint density at radius 2 is 1.84 bits per heavy atom. The van der Waals surface area contributed by atoms with E-state index in [1.807, 2.05) is 33.5 Å². The van der Waals surface area contributed by atoms with E-state index >= 15 is 0 Å². The summed E-state index contributed by atoms with van der Waals surface area (Å²) in [6, 6.07) is 0. The molecule has 2 aliphatic heterocycles. The molecule has 7 heteroatoms. The third kappa shape index (κ3) is 3.55. The topological polar surface area (TPSA) is 77.4 Å². The molecule has 0 unspecified atom stereocenters. The fraction of sp³-hybridized carbons (Fsp3) is 1.00. The van der Waals surface area contributed by atoms with Crippen LogP contribution in [0, 0.1) is 0 Å². The molecular formula is C12H24O6Si. The van der Waals surface area contributed by atoms with Gasteiger partial charge in [-0.3, -0.25) is 0 Å². The van der Waals surface area contributed by atoms with Crippen molar-refractivity contribution in [3.63, 3.8) is 0 Å². The van der Waals surface area contributed by atoms with Gasteiger partial charge in [0, 0.05) is 0 Å². The van der Waals surface area contributed by atoms with Crippen LogP contribution in [-0.4, -0.2) is 61.6 Å². The van der Waals surface area contributed by atoms with Gasteiger partial charge in [-0.1, -0.05) is 0 Å². The Morgan fingerprint density at radius 1 is 1.21 bits per heavy atom. The van der Waals surface area contributed by atoms with Gasteiger partial charge in [-0.15, -0.1) is 0 Å². The van der Waals surface area contributed by atoms with Crippen molar-refractivity contribution >= 4 is 8.32 Å². The average Bonchev–Trinajstić information content (AvgIpc) is 2.71. The van der Waals surface area contributed by atoms with E-state index in [1.165, 1.54) is 0 Å². The lowest BCUT2D eigenvalue weighted by atomic mass is 10.1. The van der Waals surface area contributed by atoms with Crippen molar-refractivity contribution in [2.24, 2.45) is 0 Å². The van der Waals surface area contributed by atoms with Crippen LogP contribution >= 0.6 is 0 Å². The molecule has 2 aliphatic rings. The summed E-state index contributed by atoms with van der Waals surface area (Å²) in [6.45, 7) is 10.1. The first-order chi connectivity index (χ1) is 8.59. The number of aliphatic hydroxyl groups excluding tert-OH is 2. The van der Waals surface area contributed by atoms with E-state index in [1.54, 1.807) is 0 Å². The van der Waals surface area contributed by atoms with E-state index in [0.29, 0.717) is 6.61 Å². The zero-order valence-corrected chi connectivity index (χ0v) is 13.1. The molecule has 2 saturated heterocycles. The van der Waals surface area contributed by atoms with Gasteiger partial charge in [0.15, 0.2) is 20.4 Å². The fourth-order valence-corrected chi connectivity index (χ4v) is 3.49. The molecule has 2 N–H and O–H groups in total. The molecule has 0 bridgehead atoms. The normalized spacial score (nSPS) is 42.8. The van der Waals surface area contributed by atoms with Gasteiger partial charge in [0.05, 0.1) is 6.61 Å². The molecule has 0 aromatic rings. The Hall–Kier alpha value is -0.0231. The van der Waals surface area contributed by atoms with E-state index < -0.39 is 38.7 Å². The Morgan fingerprint density at radius 3 is 2.32 bits per heavy atom. The van der Waals surface area contributed by atoms with Crippen LogP contribution in [0.2, 0.25) is 19.6 Å². The highest BCUT2D eigenvalue weighted by molar-refractivity contribution is 6.69. The summed E-state index contributed by atoms with van der Waals surface area (Å²) >= 11 is 0. The van der Waals surface area contributed by atoms with Crippen molar-refractivity contribution in [3.05, 3.63) is 0 Å². The minimum absolute atomic E-state index is 0.344. The molecule has 5 atom stereocenters. The van der Waals surface area contributed by atoms with Gasteiger partial charge < -0.3 is 28.8 Å². The zero-order valence-electron chi connectivity index (χ0n) is 12.1. The zero-order chi connectivity index (χ0) is 14.4. The Bertz CT molecular complexity index is 329. The monoisotopic (exact) mass is 292 g/mol. The third-order valence-corrected chi connectivity index (χ3v) is 4.11. The first-order valence-electron chi connectivity index (χ1n) is 6.60. The molecule has 2 rings (SSSR count). The standard InChI is InChI=1S/C12H24O6Si/c1-12(2)15-6-7(17-12)9-10(18-19(3,4)5)8(13)11(14)16-9/h7-11,13-14H,6H2,1-5H3/t7-,8-,9-,10-,11+/m1/s1. The number of aliphatic hydroxyl groups is 2. The summed E-state index contributed by atoms with van der Waals surface area (Å²) in [5, 5.41) is 19.7. The smallest absolute Gasteiger partial charge is 0.184 e. The quantitative estimate of drug-likeness (QED) is 0.735. The van der Waals surface area contributed by atoms with Crippen LogP contribution in [0.25, 0.3) is 0 Å². The van der Waals surface area contributed by atoms with Crippen molar-refractivity contribution in [2.75, 3.05) is 6.61 Å². The maximum absolute atomic E-state index is 10.0. The van der Waals surface area contributed by atoms with Gasteiger partial charge in [0.2, 0.25) is 0 Å². The summed E-state index contributed by atoms with van der Waals surface area (Å²) in [4.78, 5) is 0. The lowest BCUT2D eigenvalue weighted by Crippen LogP contribution is -2.47. The Kier molecular flexibility index (Phi) is 4.10. The van der Waals surface area contributed by atoms with E-state index in [4.69, 9.17) is 18.6 Å². The number of ether oxygens (including phenoxy) is 3. The molecule has 0 aromatic carbocycles. The summed E-state index contributed by atoms with van der Waals surface area (Å²) in [5.41, 5.74) is 0. The summed E-state index contributed by atoms with van der Waals surface area (Å²) < 4.78 is 22.6. The summed E-state index contributed by atoms with van der Waals surface area (Å²) in [5.74, 6) is -0.670. The highest BCUT2D eigenvalue weighted by Gasteiger charge is 2.52. The fourth-order valence-electron chi connectivity index (χ4n) is 2.40. The summed E-state index contributed by atoms with van der Waals surface area (Å²) in [7, 11) is -1.87. The van der Waals surface area contributed by atoms with Crippen LogP contribution in [0.15, 0.2) is 0 Å². The largest absolute Gasteiger partial charge is 0.409 e. The molecule has 0 spiro atoms. The van der Waals surface area contributed by atoms with Crippen LogP contribution < -0.4 is 0 Å². The minimum atomic E-state index is -1.87. The molecule has 2 fully saturated rings. The maximum Gasteiger partial charge on any atom is 0.184 e. The molecule has 112 valence electrons. The van der Waals surface area contributed by atoms with Gasteiger partial charge in [0.1, 0.15) is 24.4 Å². The molecule has 6 nitrogen and oxygen atoms in total. The minimum Gasteiger partial charge on any atom is -0.409 e. The van der Waals surface area contributed by atoms with Crippen molar-refractivity contribution in [3.8, 4) is 0 Å². The van der Waals surface area contributed by atoms with Crippen molar-refractivity contribution < 1.29 is 28.8 Å². The predicted octanol–water partition coefficient (Wildman–Crippen LogP) is 0.436. The average molecular weight is 292 g/mol. The van der Waals surface area contributed by atoms with Gasteiger partial charge in [-0.25, -0.2) is 0 Å². The van der Waals surface area contributed by atoms with Gasteiger partial charge in [-0.05, 0) is 33.5 Å². The van der Waals surface area contributed by atoms with Crippen molar-refractivity contribution in [2.45, 2.75) is 70.0 Å². The van der Waals surface area contributed by atoms with Crippen LogP contribution in [0.3, 0.4) is 0 Å². The molecule has 19 heavy (non-hydrogen) atoms. The van der Waals surface area contributed by atoms with Crippen LogP contribution in [0.1, 0.15) is 13.8 Å². The highest BCUT2D eigenvalue weighted by atomic mass is 28.4. The van der Waals surface area contributed by atoms with E-state index in [9.17, 15) is 10.2 Å². The molecule has 0 aromatic heterocycles. The lowest BCUT2D eigenvalue weighted by molar-refractivity contribution is -0.177. The van der Waals surface area contributed by atoms with E-state index in [0.717, 1.165) is 0 Å². The second kappa shape index (κ2) is 5.07. The Labute approximate surface area is 114 Å². The second-order valence-electron chi connectivity index (χ2n) is 6.54. The third-order valence-electron chi connectivity index (χ3n) is 3.14. The van der Waals surface area contributed by atoms with Gasteiger partial charge in [0.25, 0.3) is 0 Å². The molecule has 0 amide bonds. The SMILES string of the molecule is CC1(C)OC[C@H]([C@H]2O[C@H](O)[C@H](O)[C@H]2O[Si](C)(C)C)O1. The summed E-state index contributed by atoms with van der Waals surface area (Å²) in [6.07, 6.45) is -3.73. The van der Waals surface area contributed by atoms with Gasteiger partial charge >= 0.3 is 0 Å². The van der Waals surface area contributed by atoms with E-state index in [-0.39, 0.29) is 6.10 Å². The predicted molar refractivity (Wildman–Crippen MR) is 70.0 cm³/mol. The van der Waals surface area contributed by atoms with Crippen molar-refractivity contribution in [1.82, 2.24) is 0 Å². The molecule has 2 heterocycles. The number of rotatable bonds is 3.